The predicted octanol–water partition coefficient (Wildman–Crippen LogP) is 4.82. The van der Waals surface area contributed by atoms with Crippen LogP contribution in [0, 0.1) is 13.8 Å². The van der Waals surface area contributed by atoms with Crippen molar-refractivity contribution in [3.63, 3.8) is 0 Å². The van der Waals surface area contributed by atoms with Gasteiger partial charge in [-0.1, -0.05) is 11.2 Å². The summed E-state index contributed by atoms with van der Waals surface area (Å²) in [6, 6.07) is 13.9. The maximum absolute atomic E-state index is 12.2. The van der Waals surface area contributed by atoms with E-state index in [0.717, 1.165) is 16.1 Å². The van der Waals surface area contributed by atoms with E-state index in [1.165, 1.54) is 16.5 Å². The zero-order chi connectivity index (χ0) is 17.4. The number of benzene rings is 2. The highest BCUT2D eigenvalue weighted by Gasteiger charge is 2.13. The first-order valence-electron chi connectivity index (χ1n) is 7.80. The monoisotopic (exact) mass is 349 g/mol. The summed E-state index contributed by atoms with van der Waals surface area (Å²) in [7, 11) is 0. The highest BCUT2D eigenvalue weighted by atomic mass is 32.1. The first-order chi connectivity index (χ1) is 12.1. The number of nitrogens with one attached hydrogen (secondary N) is 1. The maximum atomic E-state index is 12.2. The lowest BCUT2D eigenvalue weighted by molar-refractivity contribution is 0.101. The predicted molar refractivity (Wildman–Crippen MR) is 99.0 cm³/mol. The molecule has 4 aromatic rings. The molecule has 2 aromatic heterocycles. The molecule has 0 radical (unpaired) electrons. The van der Waals surface area contributed by atoms with Gasteiger partial charge in [-0.15, -0.1) is 11.3 Å². The Kier molecular flexibility index (Phi) is 3.82. The molecule has 5 nitrogen and oxygen atoms in total. The van der Waals surface area contributed by atoms with E-state index in [1.54, 1.807) is 18.3 Å². The normalized spacial score (nSPS) is 11.0. The summed E-state index contributed by atoms with van der Waals surface area (Å²) >= 11 is 1.66. The van der Waals surface area contributed by atoms with Gasteiger partial charge in [0.1, 0.15) is 11.3 Å². The van der Waals surface area contributed by atoms with E-state index in [-0.39, 0.29) is 5.91 Å². The first-order valence-corrected chi connectivity index (χ1v) is 8.62. The Bertz CT molecular complexity index is 1060. The Balaban J connectivity index is 1.57. The summed E-state index contributed by atoms with van der Waals surface area (Å²) in [5, 5.41) is 7.50. The van der Waals surface area contributed by atoms with Gasteiger partial charge in [0.25, 0.3) is 5.91 Å². The van der Waals surface area contributed by atoms with Crippen molar-refractivity contribution in [2.24, 2.45) is 0 Å². The van der Waals surface area contributed by atoms with Crippen molar-refractivity contribution in [3.05, 3.63) is 65.5 Å². The average molecular weight is 349 g/mol. The van der Waals surface area contributed by atoms with E-state index < -0.39 is 0 Å². The summed E-state index contributed by atoms with van der Waals surface area (Å²) < 4.78 is 5.98. The molecule has 0 aliphatic carbocycles. The lowest BCUT2D eigenvalue weighted by Gasteiger charge is -2.04. The Morgan fingerprint density at radius 3 is 2.64 bits per heavy atom. The fraction of sp³-hybridized carbons (Fsp3) is 0.105. The van der Waals surface area contributed by atoms with Crippen LogP contribution in [0.2, 0.25) is 0 Å². The van der Waals surface area contributed by atoms with Gasteiger partial charge >= 0.3 is 0 Å². The first kappa shape index (κ1) is 15.5. The zero-order valence-electron chi connectivity index (χ0n) is 13.7. The Morgan fingerprint density at radius 2 is 1.92 bits per heavy atom. The van der Waals surface area contributed by atoms with E-state index in [2.05, 4.69) is 34.5 Å². The molecule has 25 heavy (non-hydrogen) atoms. The minimum Gasteiger partial charge on any atom is -0.364 e. The van der Waals surface area contributed by atoms with E-state index >= 15 is 0 Å². The number of nitrogens with zero attached hydrogens (tertiary/aromatic N) is 2. The van der Waals surface area contributed by atoms with Crippen LogP contribution in [0.25, 0.3) is 20.8 Å². The summed E-state index contributed by atoms with van der Waals surface area (Å²) in [6.07, 6.45) is 1.45. The van der Waals surface area contributed by atoms with Crippen LogP contribution in [0.5, 0.6) is 0 Å². The molecule has 0 spiro atoms. The molecule has 6 heteroatoms. The van der Waals surface area contributed by atoms with Crippen molar-refractivity contribution in [1.82, 2.24) is 10.1 Å². The second-order valence-electron chi connectivity index (χ2n) is 5.87. The van der Waals surface area contributed by atoms with Crippen molar-refractivity contribution in [1.29, 1.82) is 0 Å². The van der Waals surface area contributed by atoms with E-state index in [9.17, 15) is 4.79 Å². The molecule has 0 aliphatic rings. The molecular formula is C19H15N3O2S. The molecule has 0 bridgehead atoms. The number of amides is 1. The van der Waals surface area contributed by atoms with Gasteiger partial charge in [0.05, 0.1) is 10.2 Å². The van der Waals surface area contributed by atoms with Crippen molar-refractivity contribution in [3.8, 4) is 10.6 Å². The quantitative estimate of drug-likeness (QED) is 0.576. The molecule has 1 amide bonds. The Labute approximate surface area is 148 Å². The third-order valence-corrected chi connectivity index (χ3v) is 4.96. The minimum atomic E-state index is -0.283. The van der Waals surface area contributed by atoms with Gasteiger partial charge in [0.15, 0.2) is 5.69 Å². The third kappa shape index (κ3) is 3.04. The van der Waals surface area contributed by atoms with Crippen LogP contribution in [-0.2, 0) is 0 Å². The van der Waals surface area contributed by atoms with Crippen LogP contribution in [0.1, 0.15) is 21.6 Å². The number of thiazole rings is 1. The standard InChI is InChI=1S/C19H15N3O2S/c1-11-3-8-15-16(9-11)25-19(21-15)13-4-6-14(7-5-13)20-18(23)17-12(2)10-24-22-17/h3-10H,1-2H3,(H,20,23). The van der Waals surface area contributed by atoms with E-state index in [0.29, 0.717) is 16.9 Å². The number of carbonyl (C=O) groups excluding carboxylic acids is 1. The van der Waals surface area contributed by atoms with Crippen LogP contribution in [0.15, 0.2) is 53.3 Å². The maximum Gasteiger partial charge on any atom is 0.278 e. The molecular weight excluding hydrogens is 334 g/mol. The van der Waals surface area contributed by atoms with E-state index in [4.69, 9.17) is 4.52 Å². The van der Waals surface area contributed by atoms with Crippen LogP contribution in [0.4, 0.5) is 5.69 Å². The highest BCUT2D eigenvalue weighted by molar-refractivity contribution is 7.21. The number of aryl methyl sites for hydroxylation is 2. The summed E-state index contributed by atoms with van der Waals surface area (Å²) in [5.41, 5.74) is 4.96. The number of hydrogen-bond donors (Lipinski definition) is 1. The van der Waals surface area contributed by atoms with Crippen molar-refractivity contribution in [2.45, 2.75) is 13.8 Å². The number of aromatic nitrogens is 2. The van der Waals surface area contributed by atoms with Crippen LogP contribution >= 0.6 is 11.3 Å². The van der Waals surface area contributed by atoms with Crippen molar-refractivity contribution in [2.75, 3.05) is 5.32 Å². The van der Waals surface area contributed by atoms with Gasteiger partial charge in [-0.25, -0.2) is 4.98 Å². The number of hydrogen-bond acceptors (Lipinski definition) is 5. The largest absolute Gasteiger partial charge is 0.364 e. The SMILES string of the molecule is Cc1ccc2nc(-c3ccc(NC(=O)c4nocc4C)cc3)sc2c1. The molecule has 0 fully saturated rings. The summed E-state index contributed by atoms with van der Waals surface area (Å²) in [5.74, 6) is -0.283. The van der Waals surface area contributed by atoms with Gasteiger partial charge in [-0.2, -0.15) is 0 Å². The minimum absolute atomic E-state index is 0.283. The average Bonchev–Trinajstić information content (AvgIpc) is 3.21. The molecule has 4 rings (SSSR count). The summed E-state index contributed by atoms with van der Waals surface area (Å²) in [6.45, 7) is 3.86. The topological polar surface area (TPSA) is 68.0 Å². The number of anilines is 1. The van der Waals surface area contributed by atoms with Gasteiger partial charge in [-0.3, -0.25) is 4.79 Å². The van der Waals surface area contributed by atoms with Gasteiger partial charge in [-0.05, 0) is 55.8 Å². The second kappa shape index (κ2) is 6.14. The molecule has 0 saturated heterocycles. The second-order valence-corrected chi connectivity index (χ2v) is 6.90. The molecule has 0 saturated carbocycles. The Morgan fingerprint density at radius 1 is 1.12 bits per heavy atom. The smallest absolute Gasteiger partial charge is 0.278 e. The van der Waals surface area contributed by atoms with Crippen LogP contribution in [-0.4, -0.2) is 16.0 Å². The van der Waals surface area contributed by atoms with Gasteiger partial charge in [0, 0.05) is 16.8 Å². The molecule has 0 aliphatic heterocycles. The molecule has 1 N–H and O–H groups in total. The number of fused-ring (bicyclic) bond motifs is 1. The number of carbonyl (C=O) groups is 1. The molecule has 2 aromatic carbocycles. The fourth-order valence-electron chi connectivity index (χ4n) is 2.55. The summed E-state index contributed by atoms with van der Waals surface area (Å²) in [4.78, 5) is 16.8. The van der Waals surface area contributed by atoms with E-state index in [1.807, 2.05) is 30.3 Å². The molecule has 0 atom stereocenters. The van der Waals surface area contributed by atoms with Crippen LogP contribution < -0.4 is 5.32 Å². The van der Waals surface area contributed by atoms with Crippen molar-refractivity contribution < 1.29 is 9.32 Å². The Hall–Kier alpha value is -2.99. The third-order valence-electron chi connectivity index (χ3n) is 3.90. The molecule has 2 heterocycles. The lowest BCUT2D eigenvalue weighted by atomic mass is 10.2. The number of rotatable bonds is 3. The fourth-order valence-corrected chi connectivity index (χ4v) is 3.62. The van der Waals surface area contributed by atoms with Gasteiger partial charge < -0.3 is 9.84 Å². The molecule has 124 valence electrons. The van der Waals surface area contributed by atoms with Crippen molar-refractivity contribution >= 4 is 33.1 Å². The van der Waals surface area contributed by atoms with Gasteiger partial charge in [0.2, 0.25) is 0 Å². The zero-order valence-corrected chi connectivity index (χ0v) is 14.6. The lowest BCUT2D eigenvalue weighted by Crippen LogP contribution is -2.13. The van der Waals surface area contributed by atoms with Crippen LogP contribution in [0.3, 0.4) is 0 Å². The highest BCUT2D eigenvalue weighted by Crippen LogP contribution is 2.31. The molecule has 0 unspecified atom stereocenters.